The van der Waals surface area contributed by atoms with Crippen molar-refractivity contribution >= 4 is 27.6 Å². The van der Waals surface area contributed by atoms with Crippen LogP contribution in [0.25, 0.3) is 0 Å². The fraction of sp³-hybridized carbons (Fsp3) is 0.263. The van der Waals surface area contributed by atoms with Gasteiger partial charge >= 0.3 is 0 Å². The third-order valence-electron chi connectivity index (χ3n) is 3.99. The largest absolute Gasteiger partial charge is 0.264 e. The quantitative estimate of drug-likeness (QED) is 0.621. The average Bonchev–Trinajstić information content (AvgIpc) is 3.03. The van der Waals surface area contributed by atoms with Crippen LogP contribution in [-0.4, -0.2) is 23.2 Å². The molecule has 2 aromatic carbocycles. The maximum atomic E-state index is 13.1. The molecule has 0 aliphatic heterocycles. The highest BCUT2D eigenvalue weighted by Crippen LogP contribution is 2.19. The van der Waals surface area contributed by atoms with Crippen molar-refractivity contribution in [1.29, 1.82) is 0 Å². The van der Waals surface area contributed by atoms with Gasteiger partial charge in [0.15, 0.2) is 0 Å². The Labute approximate surface area is 168 Å². The van der Waals surface area contributed by atoms with Crippen LogP contribution in [0.1, 0.15) is 25.0 Å². The molecule has 3 aromatic rings. The monoisotopic (exact) mass is 422 g/mol. The number of sulfonamides is 1. The van der Waals surface area contributed by atoms with Crippen LogP contribution in [0.15, 0.2) is 53.7 Å². The van der Waals surface area contributed by atoms with Gasteiger partial charge in [-0.15, -0.1) is 5.10 Å². The van der Waals surface area contributed by atoms with Crippen LogP contribution in [0.2, 0.25) is 5.02 Å². The normalized spacial score (nSPS) is 11.8. The molecule has 0 bridgehead atoms. The Morgan fingerprint density at radius 3 is 2.54 bits per heavy atom. The van der Waals surface area contributed by atoms with Gasteiger partial charge in [0.2, 0.25) is 0 Å². The Morgan fingerprint density at radius 1 is 1.18 bits per heavy atom. The van der Waals surface area contributed by atoms with Crippen molar-refractivity contribution < 1.29 is 12.8 Å². The number of hydrogen-bond acceptors (Lipinski definition) is 4. The van der Waals surface area contributed by atoms with Crippen LogP contribution in [0.4, 0.5) is 10.3 Å². The second-order valence-corrected chi connectivity index (χ2v) is 8.94. The van der Waals surface area contributed by atoms with E-state index < -0.39 is 15.8 Å². The second kappa shape index (κ2) is 8.28. The lowest BCUT2D eigenvalue weighted by Crippen LogP contribution is -2.14. The van der Waals surface area contributed by atoms with E-state index in [1.807, 2.05) is 0 Å². The Balaban J connectivity index is 1.71. The van der Waals surface area contributed by atoms with Crippen molar-refractivity contribution in [2.24, 2.45) is 5.92 Å². The zero-order valence-corrected chi connectivity index (χ0v) is 17.0. The van der Waals surface area contributed by atoms with Crippen LogP contribution >= 0.6 is 11.6 Å². The highest BCUT2D eigenvalue weighted by Gasteiger charge is 2.17. The van der Waals surface area contributed by atoms with Crippen molar-refractivity contribution in [1.82, 2.24) is 14.8 Å². The Hall–Kier alpha value is -2.45. The molecular weight excluding hydrogens is 403 g/mol. The first-order valence-electron chi connectivity index (χ1n) is 8.68. The molecule has 3 rings (SSSR count). The van der Waals surface area contributed by atoms with Crippen molar-refractivity contribution in [2.75, 3.05) is 4.72 Å². The minimum absolute atomic E-state index is 0.0514. The number of benzene rings is 2. The predicted molar refractivity (Wildman–Crippen MR) is 106 cm³/mol. The van der Waals surface area contributed by atoms with E-state index >= 15 is 0 Å². The Morgan fingerprint density at radius 2 is 1.89 bits per heavy atom. The van der Waals surface area contributed by atoms with E-state index in [4.69, 9.17) is 11.6 Å². The molecule has 0 radical (unpaired) electrons. The van der Waals surface area contributed by atoms with Crippen LogP contribution < -0.4 is 4.72 Å². The fourth-order valence-electron chi connectivity index (χ4n) is 2.70. The van der Waals surface area contributed by atoms with Crippen LogP contribution in [0.3, 0.4) is 0 Å². The molecule has 0 saturated carbocycles. The maximum absolute atomic E-state index is 13.1. The van der Waals surface area contributed by atoms with Crippen LogP contribution in [0.5, 0.6) is 0 Å². The van der Waals surface area contributed by atoms with Gasteiger partial charge in [-0.25, -0.2) is 22.2 Å². The van der Waals surface area contributed by atoms with E-state index in [9.17, 15) is 12.8 Å². The topological polar surface area (TPSA) is 76.9 Å². The molecule has 6 nitrogen and oxygen atoms in total. The van der Waals surface area contributed by atoms with Crippen LogP contribution in [0, 0.1) is 11.7 Å². The summed E-state index contributed by atoms with van der Waals surface area (Å²) in [5.74, 6) is 0.00745. The first-order chi connectivity index (χ1) is 13.2. The maximum Gasteiger partial charge on any atom is 0.264 e. The summed E-state index contributed by atoms with van der Waals surface area (Å²) >= 11 is 6.00. The van der Waals surface area contributed by atoms with E-state index in [-0.39, 0.29) is 22.4 Å². The molecule has 1 heterocycles. The third kappa shape index (κ3) is 5.08. The number of nitrogens with one attached hydrogen (secondary N) is 1. The van der Waals surface area contributed by atoms with Crippen LogP contribution in [-0.2, 0) is 23.0 Å². The molecule has 0 atom stereocenters. The van der Waals surface area contributed by atoms with Crippen molar-refractivity contribution in [3.8, 4) is 0 Å². The fourth-order valence-corrected chi connectivity index (χ4v) is 3.87. The summed E-state index contributed by atoms with van der Waals surface area (Å²) in [4.78, 5) is 4.11. The molecule has 0 aliphatic rings. The van der Waals surface area contributed by atoms with E-state index in [2.05, 4.69) is 28.7 Å². The molecule has 0 fully saturated rings. The van der Waals surface area contributed by atoms with Crippen molar-refractivity contribution in [3.05, 3.63) is 70.8 Å². The molecular formula is C19H20ClFN4O2S. The standard InChI is InChI=1S/C19H20ClFN4O2S/c1-13(2)9-14-3-7-17(8-4-14)28(26,27)24-19-22-12-25(23-19)11-15-5-6-16(21)10-18(15)20/h3-8,10,12-13H,9,11H2,1-2H3,(H,23,24). The minimum atomic E-state index is -3.80. The molecule has 148 valence electrons. The predicted octanol–water partition coefficient (Wildman–Crippen LogP) is 4.12. The zero-order chi connectivity index (χ0) is 20.3. The van der Waals surface area contributed by atoms with E-state index in [1.54, 1.807) is 30.3 Å². The summed E-state index contributed by atoms with van der Waals surface area (Å²) in [6, 6.07) is 10.8. The van der Waals surface area contributed by atoms with Crippen molar-refractivity contribution in [2.45, 2.75) is 31.7 Å². The number of anilines is 1. The lowest BCUT2D eigenvalue weighted by atomic mass is 10.0. The molecule has 0 aliphatic carbocycles. The molecule has 28 heavy (non-hydrogen) atoms. The SMILES string of the molecule is CC(C)Cc1ccc(S(=O)(=O)Nc2ncn(Cc3ccc(F)cc3Cl)n2)cc1. The number of aromatic nitrogens is 3. The molecule has 0 unspecified atom stereocenters. The van der Waals surface area contributed by atoms with Gasteiger partial charge in [-0.1, -0.05) is 43.6 Å². The lowest BCUT2D eigenvalue weighted by molar-refractivity contribution is 0.600. The van der Waals surface area contributed by atoms with Crippen molar-refractivity contribution in [3.63, 3.8) is 0 Å². The van der Waals surface area contributed by atoms with E-state index in [0.29, 0.717) is 11.5 Å². The average molecular weight is 423 g/mol. The van der Waals surface area contributed by atoms with Gasteiger partial charge in [-0.05, 0) is 47.7 Å². The van der Waals surface area contributed by atoms with Gasteiger partial charge in [0.05, 0.1) is 11.4 Å². The van der Waals surface area contributed by atoms with Gasteiger partial charge in [0, 0.05) is 5.02 Å². The van der Waals surface area contributed by atoms with Gasteiger partial charge in [0.25, 0.3) is 16.0 Å². The highest BCUT2D eigenvalue weighted by molar-refractivity contribution is 7.92. The third-order valence-corrected chi connectivity index (χ3v) is 5.68. The van der Waals surface area contributed by atoms with Gasteiger partial charge in [-0.2, -0.15) is 4.98 Å². The first kappa shape index (κ1) is 20.3. The van der Waals surface area contributed by atoms with Gasteiger partial charge < -0.3 is 0 Å². The Bertz CT molecular complexity index is 1070. The molecule has 0 spiro atoms. The first-order valence-corrected chi connectivity index (χ1v) is 10.5. The van der Waals surface area contributed by atoms with Gasteiger partial charge in [-0.3, -0.25) is 0 Å². The molecule has 9 heteroatoms. The summed E-state index contributed by atoms with van der Waals surface area (Å²) in [5, 5.41) is 4.36. The zero-order valence-electron chi connectivity index (χ0n) is 15.4. The summed E-state index contributed by atoms with van der Waals surface area (Å²) in [6.07, 6.45) is 2.26. The number of rotatable bonds is 7. The molecule has 1 aromatic heterocycles. The summed E-state index contributed by atoms with van der Waals surface area (Å²) in [6.45, 7) is 4.44. The molecule has 0 amide bonds. The number of hydrogen-bond donors (Lipinski definition) is 1. The Kier molecular flexibility index (Phi) is 6.00. The smallest absolute Gasteiger partial charge is 0.246 e. The van der Waals surface area contributed by atoms with Gasteiger partial charge in [0.1, 0.15) is 12.1 Å². The van der Waals surface area contributed by atoms with E-state index in [0.717, 1.165) is 12.0 Å². The second-order valence-electron chi connectivity index (χ2n) is 6.85. The minimum Gasteiger partial charge on any atom is -0.246 e. The summed E-state index contributed by atoms with van der Waals surface area (Å²) in [5.41, 5.74) is 1.72. The highest BCUT2D eigenvalue weighted by atomic mass is 35.5. The molecule has 1 N–H and O–H groups in total. The number of nitrogens with zero attached hydrogens (tertiary/aromatic N) is 3. The lowest BCUT2D eigenvalue weighted by Gasteiger charge is -2.08. The summed E-state index contributed by atoms with van der Waals surface area (Å²) in [7, 11) is -3.80. The molecule has 0 saturated heterocycles. The number of halogens is 2. The van der Waals surface area contributed by atoms with E-state index in [1.165, 1.54) is 23.1 Å². The summed E-state index contributed by atoms with van der Waals surface area (Å²) < 4.78 is 42.0.